The lowest BCUT2D eigenvalue weighted by atomic mass is 10.0. The molecule has 4 rings (SSSR count). The highest BCUT2D eigenvalue weighted by Gasteiger charge is 2.30. The van der Waals surface area contributed by atoms with Crippen LogP contribution in [0.4, 0.5) is 0 Å². The number of nitrogens with one attached hydrogen (secondary N) is 2. The fraction of sp³-hybridized carbons (Fsp3) is 0.241. The van der Waals surface area contributed by atoms with E-state index < -0.39 is 10.0 Å². The van der Waals surface area contributed by atoms with Crippen LogP contribution in [0.2, 0.25) is 0 Å². The molecule has 0 unspecified atom stereocenters. The molecule has 1 heterocycles. The van der Waals surface area contributed by atoms with Gasteiger partial charge >= 0.3 is 0 Å². The molecule has 2 N–H and O–H groups in total. The van der Waals surface area contributed by atoms with Gasteiger partial charge in [-0.3, -0.25) is 9.59 Å². The van der Waals surface area contributed by atoms with Crippen LogP contribution in [0.3, 0.4) is 0 Å². The Morgan fingerprint density at radius 3 is 2.30 bits per heavy atom. The van der Waals surface area contributed by atoms with Gasteiger partial charge in [0.15, 0.2) is 0 Å². The minimum absolute atomic E-state index is 0.123. The van der Waals surface area contributed by atoms with Crippen molar-refractivity contribution in [2.75, 3.05) is 19.6 Å². The smallest absolute Gasteiger partial charge is 0.251 e. The molecule has 192 valence electrons. The molecule has 7 nitrogen and oxygen atoms in total. The molecule has 37 heavy (non-hydrogen) atoms. The molecule has 0 spiro atoms. The van der Waals surface area contributed by atoms with Crippen LogP contribution in [0, 0.1) is 0 Å². The molecule has 1 saturated heterocycles. The molecule has 1 aliphatic heterocycles. The van der Waals surface area contributed by atoms with Crippen molar-refractivity contribution >= 4 is 21.8 Å². The molecule has 0 saturated carbocycles. The largest absolute Gasteiger partial charge is 0.352 e. The zero-order valence-electron chi connectivity index (χ0n) is 20.6. The van der Waals surface area contributed by atoms with E-state index in [0.29, 0.717) is 37.9 Å². The Labute approximate surface area is 218 Å². The van der Waals surface area contributed by atoms with Gasteiger partial charge in [-0.2, -0.15) is 4.31 Å². The van der Waals surface area contributed by atoms with Crippen molar-refractivity contribution in [3.05, 3.63) is 103 Å². The predicted molar refractivity (Wildman–Crippen MR) is 144 cm³/mol. The highest BCUT2D eigenvalue weighted by molar-refractivity contribution is 7.89. The summed E-state index contributed by atoms with van der Waals surface area (Å²) in [6.07, 6.45) is 3.23. The quantitative estimate of drug-likeness (QED) is 0.422. The standard InChI is InChI=1S/C29H31N3O4S/c1-2-28(33)31-26-9-6-20-32(21-26)37(35,36)27-16-14-25(15-17-27)29(34)30-19-18-22-10-12-24(13-11-22)23-7-4-3-5-8-23/h2-5,7-8,10-17,26H,1,6,9,18-21H2,(H,30,34)(H,31,33)/t26-/m0/s1. The third-order valence-electron chi connectivity index (χ3n) is 6.43. The first-order valence-corrected chi connectivity index (χ1v) is 13.8. The van der Waals surface area contributed by atoms with E-state index >= 15 is 0 Å². The van der Waals surface area contributed by atoms with E-state index in [1.54, 1.807) is 0 Å². The van der Waals surface area contributed by atoms with Gasteiger partial charge in [0.2, 0.25) is 15.9 Å². The number of hydrogen-bond acceptors (Lipinski definition) is 4. The lowest BCUT2D eigenvalue weighted by Crippen LogP contribution is -2.49. The Balaban J connectivity index is 1.30. The van der Waals surface area contributed by atoms with Crippen LogP contribution < -0.4 is 10.6 Å². The molecule has 0 aromatic heterocycles. The van der Waals surface area contributed by atoms with E-state index in [1.165, 1.54) is 34.6 Å². The first kappa shape index (κ1) is 26.3. The highest BCUT2D eigenvalue weighted by atomic mass is 32.2. The molecule has 3 aromatic carbocycles. The van der Waals surface area contributed by atoms with Crippen molar-refractivity contribution in [1.82, 2.24) is 14.9 Å². The van der Waals surface area contributed by atoms with Gasteiger partial charge in [-0.1, -0.05) is 61.2 Å². The summed E-state index contributed by atoms with van der Waals surface area (Å²) in [6, 6.07) is 24.1. The highest BCUT2D eigenvalue weighted by Crippen LogP contribution is 2.22. The van der Waals surface area contributed by atoms with Gasteiger partial charge in [0, 0.05) is 31.2 Å². The molecule has 1 aliphatic rings. The maximum atomic E-state index is 13.1. The van der Waals surface area contributed by atoms with E-state index in [0.717, 1.165) is 16.7 Å². The maximum absolute atomic E-state index is 13.1. The summed E-state index contributed by atoms with van der Waals surface area (Å²) in [4.78, 5) is 24.3. The number of amides is 2. The van der Waals surface area contributed by atoms with Gasteiger partial charge in [0.25, 0.3) is 5.91 Å². The second-order valence-corrected chi connectivity index (χ2v) is 10.9. The second-order valence-electron chi connectivity index (χ2n) is 9.01. The van der Waals surface area contributed by atoms with E-state index in [9.17, 15) is 18.0 Å². The molecule has 0 radical (unpaired) electrons. The van der Waals surface area contributed by atoms with Crippen molar-refractivity contribution in [3.8, 4) is 11.1 Å². The molecule has 0 bridgehead atoms. The molecular formula is C29H31N3O4S. The first-order valence-electron chi connectivity index (χ1n) is 12.3. The Hall–Kier alpha value is -3.75. The topological polar surface area (TPSA) is 95.6 Å². The van der Waals surface area contributed by atoms with Crippen LogP contribution >= 0.6 is 0 Å². The summed E-state index contributed by atoms with van der Waals surface area (Å²) in [5.41, 5.74) is 3.82. The number of benzene rings is 3. The monoisotopic (exact) mass is 517 g/mol. The Morgan fingerprint density at radius 2 is 1.62 bits per heavy atom. The minimum atomic E-state index is -3.73. The van der Waals surface area contributed by atoms with Crippen molar-refractivity contribution < 1.29 is 18.0 Å². The average molecular weight is 518 g/mol. The Morgan fingerprint density at radius 1 is 0.946 bits per heavy atom. The SMILES string of the molecule is C=CC(=O)N[C@H]1CCCN(S(=O)(=O)c2ccc(C(=O)NCCc3ccc(-c4ccccc4)cc3)cc2)C1. The van der Waals surface area contributed by atoms with Gasteiger partial charge in [0.1, 0.15) is 0 Å². The third kappa shape index (κ3) is 6.72. The average Bonchev–Trinajstić information content (AvgIpc) is 2.94. The number of piperidine rings is 1. The lowest BCUT2D eigenvalue weighted by molar-refractivity contribution is -0.117. The fourth-order valence-corrected chi connectivity index (χ4v) is 5.91. The van der Waals surface area contributed by atoms with Gasteiger partial charge < -0.3 is 10.6 Å². The Kier molecular flexibility index (Phi) is 8.53. The molecule has 1 atom stereocenters. The summed E-state index contributed by atoms with van der Waals surface area (Å²) in [5, 5.41) is 5.67. The molecule has 2 amide bonds. The van der Waals surface area contributed by atoms with E-state index in [-0.39, 0.29) is 29.3 Å². The molecule has 0 aliphatic carbocycles. The number of rotatable bonds is 9. The third-order valence-corrected chi connectivity index (χ3v) is 8.31. The van der Waals surface area contributed by atoms with Crippen LogP contribution in [-0.2, 0) is 21.2 Å². The number of carbonyl (C=O) groups excluding carboxylic acids is 2. The van der Waals surface area contributed by atoms with Crippen molar-refractivity contribution in [2.45, 2.75) is 30.2 Å². The van der Waals surface area contributed by atoms with Crippen molar-refractivity contribution in [2.24, 2.45) is 0 Å². The van der Waals surface area contributed by atoms with Crippen molar-refractivity contribution in [3.63, 3.8) is 0 Å². The van der Waals surface area contributed by atoms with E-state index in [4.69, 9.17) is 0 Å². The van der Waals surface area contributed by atoms with Gasteiger partial charge in [-0.15, -0.1) is 0 Å². The molecule has 3 aromatic rings. The summed E-state index contributed by atoms with van der Waals surface area (Å²) in [5.74, 6) is -0.571. The second kappa shape index (κ2) is 12.0. The fourth-order valence-electron chi connectivity index (χ4n) is 4.38. The minimum Gasteiger partial charge on any atom is -0.352 e. The van der Waals surface area contributed by atoms with Crippen LogP contribution in [0.5, 0.6) is 0 Å². The van der Waals surface area contributed by atoms with Crippen LogP contribution in [0.15, 0.2) is 96.4 Å². The summed E-state index contributed by atoms with van der Waals surface area (Å²) < 4.78 is 27.6. The Bertz CT molecular complexity index is 1340. The maximum Gasteiger partial charge on any atom is 0.251 e. The van der Waals surface area contributed by atoms with Crippen LogP contribution in [0.25, 0.3) is 11.1 Å². The normalized spacial score (nSPS) is 16.1. The van der Waals surface area contributed by atoms with E-state index in [1.807, 2.05) is 18.2 Å². The van der Waals surface area contributed by atoms with Crippen LogP contribution in [0.1, 0.15) is 28.8 Å². The molecule has 1 fully saturated rings. The number of sulfonamides is 1. The summed E-state index contributed by atoms with van der Waals surface area (Å²) >= 11 is 0. The predicted octanol–water partition coefficient (Wildman–Crippen LogP) is 3.78. The van der Waals surface area contributed by atoms with Gasteiger partial charge in [-0.25, -0.2) is 8.42 Å². The first-order chi connectivity index (χ1) is 17.9. The number of carbonyl (C=O) groups is 2. The van der Waals surface area contributed by atoms with E-state index in [2.05, 4.69) is 53.6 Å². The zero-order valence-corrected chi connectivity index (χ0v) is 21.4. The molecular weight excluding hydrogens is 486 g/mol. The lowest BCUT2D eigenvalue weighted by Gasteiger charge is -2.32. The zero-order chi connectivity index (χ0) is 26.3. The van der Waals surface area contributed by atoms with Crippen molar-refractivity contribution in [1.29, 1.82) is 0 Å². The van der Waals surface area contributed by atoms with Crippen LogP contribution in [-0.4, -0.2) is 50.2 Å². The summed E-state index contributed by atoms with van der Waals surface area (Å²) in [7, 11) is -3.73. The van der Waals surface area contributed by atoms with Gasteiger partial charge in [-0.05, 0) is 66.3 Å². The number of hydrogen-bond donors (Lipinski definition) is 2. The van der Waals surface area contributed by atoms with Gasteiger partial charge in [0.05, 0.1) is 4.90 Å². The number of nitrogens with zero attached hydrogens (tertiary/aromatic N) is 1. The molecule has 8 heteroatoms. The summed E-state index contributed by atoms with van der Waals surface area (Å²) in [6.45, 7) is 4.49.